The maximum absolute atomic E-state index is 11.5. The minimum absolute atomic E-state index is 0.184. The predicted octanol–water partition coefficient (Wildman–Crippen LogP) is -1.78. The molecule has 7 heteroatoms. The van der Waals surface area contributed by atoms with E-state index in [1.165, 1.54) is 6.92 Å². The van der Waals surface area contributed by atoms with Crippen molar-refractivity contribution in [1.82, 2.24) is 9.55 Å². The van der Waals surface area contributed by atoms with E-state index in [0.29, 0.717) is 4.57 Å². The Bertz CT molecular complexity index is 525. The number of carbonyl (C=O) groups is 2. The summed E-state index contributed by atoms with van der Waals surface area (Å²) in [5, 5.41) is 0. The lowest BCUT2D eigenvalue weighted by Crippen LogP contribution is -2.41. The molecule has 0 unspecified atom stereocenters. The number of rotatable bonds is 3. The molecule has 0 aliphatic carbocycles. The molecule has 0 saturated heterocycles. The van der Waals surface area contributed by atoms with Crippen molar-refractivity contribution in [1.29, 1.82) is 0 Å². The van der Waals surface area contributed by atoms with Crippen LogP contribution in [0, 0.1) is 0 Å². The topological polar surface area (TPSA) is 115 Å². The molecule has 15 heavy (non-hydrogen) atoms. The molecular formula is C8H9N3O4. The van der Waals surface area contributed by atoms with Crippen LogP contribution in [-0.4, -0.2) is 21.2 Å². The van der Waals surface area contributed by atoms with Crippen LogP contribution in [-0.2, 0) is 11.3 Å². The summed E-state index contributed by atoms with van der Waals surface area (Å²) in [6, 6.07) is 0. The Hall–Kier alpha value is -2.18. The highest BCUT2D eigenvalue weighted by Gasteiger charge is 2.11. The van der Waals surface area contributed by atoms with E-state index in [-0.39, 0.29) is 5.56 Å². The monoisotopic (exact) mass is 211 g/mol. The molecule has 1 aromatic rings. The molecule has 7 nitrogen and oxygen atoms in total. The van der Waals surface area contributed by atoms with Gasteiger partial charge >= 0.3 is 5.69 Å². The second-order valence-corrected chi connectivity index (χ2v) is 2.92. The Morgan fingerprint density at radius 3 is 2.53 bits per heavy atom. The summed E-state index contributed by atoms with van der Waals surface area (Å²) < 4.78 is 0.582. The molecule has 1 heterocycles. The fourth-order valence-electron chi connectivity index (χ4n) is 1.06. The molecule has 1 amide bonds. The van der Waals surface area contributed by atoms with Crippen molar-refractivity contribution in [2.24, 2.45) is 5.73 Å². The van der Waals surface area contributed by atoms with Crippen molar-refractivity contribution in [2.75, 3.05) is 0 Å². The minimum Gasteiger partial charge on any atom is -0.368 e. The maximum Gasteiger partial charge on any atom is 0.328 e. The number of ketones is 1. The van der Waals surface area contributed by atoms with Crippen LogP contribution in [0.1, 0.15) is 17.3 Å². The smallest absolute Gasteiger partial charge is 0.328 e. The fraction of sp³-hybridized carbons (Fsp3) is 0.250. The lowest BCUT2D eigenvalue weighted by molar-refractivity contribution is -0.118. The zero-order valence-electron chi connectivity index (χ0n) is 7.94. The summed E-state index contributed by atoms with van der Waals surface area (Å²) in [5.41, 5.74) is 3.08. The average Bonchev–Trinajstić information content (AvgIpc) is 2.11. The number of Topliss-reactive ketones (excluding diaryl/α,β-unsaturated/α-hetero) is 1. The highest BCUT2D eigenvalue weighted by molar-refractivity contribution is 5.93. The number of carbonyl (C=O) groups excluding carboxylic acids is 2. The quantitative estimate of drug-likeness (QED) is 0.575. The van der Waals surface area contributed by atoms with Gasteiger partial charge in [-0.1, -0.05) is 0 Å². The van der Waals surface area contributed by atoms with Gasteiger partial charge in [-0.2, -0.15) is 0 Å². The maximum atomic E-state index is 11.5. The van der Waals surface area contributed by atoms with Crippen molar-refractivity contribution in [2.45, 2.75) is 13.5 Å². The second-order valence-electron chi connectivity index (χ2n) is 2.92. The summed E-state index contributed by atoms with van der Waals surface area (Å²) in [4.78, 5) is 46.3. The second kappa shape index (κ2) is 3.91. The molecule has 80 valence electrons. The zero-order chi connectivity index (χ0) is 11.6. The number of hydrogen-bond donors (Lipinski definition) is 2. The number of amides is 1. The fourth-order valence-corrected chi connectivity index (χ4v) is 1.06. The molecule has 0 radical (unpaired) electrons. The van der Waals surface area contributed by atoms with Crippen molar-refractivity contribution in [3.05, 3.63) is 32.6 Å². The van der Waals surface area contributed by atoms with Crippen LogP contribution in [0.15, 0.2) is 15.8 Å². The number of nitrogens with zero attached hydrogens (tertiary/aromatic N) is 1. The molecule has 3 N–H and O–H groups in total. The summed E-state index contributed by atoms with van der Waals surface area (Å²) in [6.07, 6.45) is 1.02. The van der Waals surface area contributed by atoms with Gasteiger partial charge in [0.25, 0.3) is 5.56 Å². The predicted molar refractivity (Wildman–Crippen MR) is 50.5 cm³/mol. The van der Waals surface area contributed by atoms with Crippen molar-refractivity contribution < 1.29 is 9.59 Å². The summed E-state index contributed by atoms with van der Waals surface area (Å²) in [5.74, 6) is -1.32. The van der Waals surface area contributed by atoms with Gasteiger partial charge in [-0.25, -0.2) is 4.79 Å². The van der Waals surface area contributed by atoms with E-state index in [4.69, 9.17) is 5.73 Å². The van der Waals surface area contributed by atoms with E-state index < -0.39 is 29.5 Å². The molecule has 0 aliphatic rings. The molecule has 0 atom stereocenters. The largest absolute Gasteiger partial charge is 0.368 e. The van der Waals surface area contributed by atoms with Gasteiger partial charge in [0.1, 0.15) is 6.54 Å². The molecule has 1 aromatic heterocycles. The van der Waals surface area contributed by atoms with Gasteiger partial charge in [0.05, 0.1) is 5.56 Å². The van der Waals surface area contributed by atoms with Gasteiger partial charge in [-0.3, -0.25) is 19.0 Å². The first-order valence-electron chi connectivity index (χ1n) is 4.05. The van der Waals surface area contributed by atoms with Crippen LogP contribution in [0.4, 0.5) is 0 Å². The molecule has 0 aliphatic heterocycles. The third-order valence-electron chi connectivity index (χ3n) is 1.75. The Morgan fingerprint density at radius 2 is 2.07 bits per heavy atom. The van der Waals surface area contributed by atoms with Crippen LogP contribution in [0.5, 0.6) is 0 Å². The van der Waals surface area contributed by atoms with E-state index in [1.54, 1.807) is 0 Å². The highest BCUT2D eigenvalue weighted by Crippen LogP contribution is 1.87. The first-order chi connectivity index (χ1) is 6.93. The Morgan fingerprint density at radius 1 is 1.47 bits per heavy atom. The summed E-state index contributed by atoms with van der Waals surface area (Å²) >= 11 is 0. The molecule has 0 saturated carbocycles. The minimum atomic E-state index is -0.830. The SMILES string of the molecule is CC(=O)c1c[nH]c(=O)n(CC(N)=O)c1=O. The molecule has 0 bridgehead atoms. The van der Waals surface area contributed by atoms with Crippen molar-refractivity contribution in [3.63, 3.8) is 0 Å². The molecule has 1 rings (SSSR count). The van der Waals surface area contributed by atoms with E-state index in [2.05, 4.69) is 4.98 Å². The van der Waals surface area contributed by atoms with E-state index >= 15 is 0 Å². The first-order valence-corrected chi connectivity index (χ1v) is 4.05. The number of nitrogens with two attached hydrogens (primary N) is 1. The van der Waals surface area contributed by atoms with E-state index in [0.717, 1.165) is 6.20 Å². The van der Waals surface area contributed by atoms with E-state index in [9.17, 15) is 19.2 Å². The third-order valence-corrected chi connectivity index (χ3v) is 1.75. The van der Waals surface area contributed by atoms with Gasteiger partial charge in [0.2, 0.25) is 5.91 Å². The Balaban J connectivity index is 3.44. The van der Waals surface area contributed by atoms with Gasteiger partial charge in [-0.05, 0) is 6.92 Å². The van der Waals surface area contributed by atoms with Crippen LogP contribution in [0.3, 0.4) is 0 Å². The summed E-state index contributed by atoms with van der Waals surface area (Å²) in [6.45, 7) is 0.638. The number of nitrogens with one attached hydrogen (secondary N) is 1. The number of aromatic amines is 1. The summed E-state index contributed by atoms with van der Waals surface area (Å²) in [7, 11) is 0. The van der Waals surface area contributed by atoms with Crippen molar-refractivity contribution in [3.8, 4) is 0 Å². The van der Waals surface area contributed by atoms with Crippen LogP contribution < -0.4 is 17.0 Å². The first kappa shape index (κ1) is 10.9. The van der Waals surface area contributed by atoms with Crippen LogP contribution in [0.25, 0.3) is 0 Å². The number of hydrogen-bond acceptors (Lipinski definition) is 4. The number of aromatic nitrogens is 2. The van der Waals surface area contributed by atoms with Crippen molar-refractivity contribution >= 4 is 11.7 Å². The number of H-pyrrole nitrogens is 1. The van der Waals surface area contributed by atoms with Crippen LogP contribution in [0.2, 0.25) is 0 Å². The van der Waals surface area contributed by atoms with Gasteiger partial charge in [-0.15, -0.1) is 0 Å². The van der Waals surface area contributed by atoms with Gasteiger partial charge < -0.3 is 10.7 Å². The number of primary amides is 1. The highest BCUT2D eigenvalue weighted by atomic mass is 16.2. The normalized spacial score (nSPS) is 9.93. The lowest BCUT2D eigenvalue weighted by Gasteiger charge is -2.02. The lowest BCUT2D eigenvalue weighted by atomic mass is 10.2. The molecule has 0 fully saturated rings. The van der Waals surface area contributed by atoms with Crippen LogP contribution >= 0.6 is 0 Å². The molecular weight excluding hydrogens is 202 g/mol. The Kier molecular flexibility index (Phi) is 2.84. The van der Waals surface area contributed by atoms with E-state index in [1.807, 2.05) is 0 Å². The Labute approximate surface area is 83.5 Å². The third kappa shape index (κ3) is 2.19. The van der Waals surface area contributed by atoms with Gasteiger partial charge in [0.15, 0.2) is 5.78 Å². The molecule has 0 spiro atoms. The van der Waals surface area contributed by atoms with Gasteiger partial charge in [0, 0.05) is 6.20 Å². The standard InChI is InChI=1S/C8H9N3O4/c1-4(12)5-2-10-8(15)11(7(5)14)3-6(9)13/h2H,3H2,1H3,(H2,9,13)(H,10,15). The average molecular weight is 211 g/mol. The zero-order valence-corrected chi connectivity index (χ0v) is 7.94. The molecule has 0 aromatic carbocycles.